The minimum absolute atomic E-state index is 0.108. The van der Waals surface area contributed by atoms with Crippen molar-refractivity contribution in [3.05, 3.63) is 65.7 Å². The van der Waals surface area contributed by atoms with Crippen LogP contribution in [0.25, 0.3) is 0 Å². The van der Waals surface area contributed by atoms with Crippen LogP contribution < -0.4 is 4.74 Å². The molecule has 1 aliphatic heterocycles. The van der Waals surface area contributed by atoms with Crippen molar-refractivity contribution in [3.63, 3.8) is 0 Å². The molecule has 1 fully saturated rings. The van der Waals surface area contributed by atoms with E-state index in [1.165, 1.54) is 5.56 Å². The molecule has 2 aromatic rings. The molecule has 1 atom stereocenters. The van der Waals surface area contributed by atoms with Crippen molar-refractivity contribution in [2.24, 2.45) is 5.92 Å². The summed E-state index contributed by atoms with van der Waals surface area (Å²) in [4.78, 5) is 14.6. The summed E-state index contributed by atoms with van der Waals surface area (Å²) < 4.78 is 11.2. The number of rotatable bonds is 7. The van der Waals surface area contributed by atoms with E-state index in [1.807, 2.05) is 35.2 Å². The zero-order chi connectivity index (χ0) is 19.1. The van der Waals surface area contributed by atoms with Gasteiger partial charge in [0, 0.05) is 26.6 Å². The maximum Gasteiger partial charge on any atom is 0.222 e. The maximum absolute atomic E-state index is 12.6. The van der Waals surface area contributed by atoms with Crippen LogP contribution in [0.1, 0.15) is 36.5 Å². The molecule has 144 valence electrons. The molecule has 1 saturated heterocycles. The number of hydrogen-bond donors (Lipinski definition) is 0. The number of hydrogen-bond acceptors (Lipinski definition) is 3. The molecule has 1 amide bonds. The highest BCUT2D eigenvalue weighted by Gasteiger charge is 2.29. The smallest absolute Gasteiger partial charge is 0.222 e. The molecule has 0 aromatic heterocycles. The standard InChI is InChI=1S/C23H29NO3/c1-26-21-11-7-6-8-18(21)12-13-22(25)24-16-14-20(15-17-24)23(27-2)19-9-4-3-5-10-19/h3-11,20,23H,12-17H2,1-2H3. The third kappa shape index (κ3) is 4.89. The van der Waals surface area contributed by atoms with E-state index in [2.05, 4.69) is 24.3 Å². The van der Waals surface area contributed by atoms with Crippen LogP contribution >= 0.6 is 0 Å². The Kier molecular flexibility index (Phi) is 6.88. The Morgan fingerprint density at radius 2 is 1.70 bits per heavy atom. The van der Waals surface area contributed by atoms with Gasteiger partial charge in [0.15, 0.2) is 0 Å². The highest BCUT2D eigenvalue weighted by molar-refractivity contribution is 5.76. The van der Waals surface area contributed by atoms with Crippen molar-refractivity contribution >= 4 is 5.91 Å². The zero-order valence-corrected chi connectivity index (χ0v) is 16.3. The minimum Gasteiger partial charge on any atom is -0.496 e. The monoisotopic (exact) mass is 367 g/mol. The summed E-state index contributed by atoms with van der Waals surface area (Å²) in [5.41, 5.74) is 2.31. The maximum atomic E-state index is 12.6. The predicted molar refractivity (Wildman–Crippen MR) is 107 cm³/mol. The highest BCUT2D eigenvalue weighted by Crippen LogP contribution is 2.33. The minimum atomic E-state index is 0.108. The molecule has 0 spiro atoms. The average Bonchev–Trinajstić information content (AvgIpc) is 2.74. The van der Waals surface area contributed by atoms with Crippen LogP contribution in [-0.2, 0) is 16.0 Å². The Morgan fingerprint density at radius 1 is 1.04 bits per heavy atom. The molecule has 2 aromatic carbocycles. The zero-order valence-electron chi connectivity index (χ0n) is 16.3. The number of para-hydroxylation sites is 1. The lowest BCUT2D eigenvalue weighted by Gasteiger charge is -2.35. The van der Waals surface area contributed by atoms with Gasteiger partial charge in [-0.25, -0.2) is 0 Å². The molecular formula is C23H29NO3. The highest BCUT2D eigenvalue weighted by atomic mass is 16.5. The Morgan fingerprint density at radius 3 is 2.37 bits per heavy atom. The molecule has 1 aliphatic rings. The van der Waals surface area contributed by atoms with Gasteiger partial charge in [-0.1, -0.05) is 48.5 Å². The van der Waals surface area contributed by atoms with Gasteiger partial charge in [-0.2, -0.15) is 0 Å². The lowest BCUT2D eigenvalue weighted by molar-refractivity contribution is -0.133. The fourth-order valence-electron chi connectivity index (χ4n) is 4.00. The molecule has 0 saturated carbocycles. The van der Waals surface area contributed by atoms with Gasteiger partial charge in [0.1, 0.15) is 5.75 Å². The van der Waals surface area contributed by atoms with Crippen molar-refractivity contribution in [1.82, 2.24) is 4.90 Å². The third-order valence-electron chi connectivity index (χ3n) is 5.50. The van der Waals surface area contributed by atoms with Crippen LogP contribution in [0.15, 0.2) is 54.6 Å². The van der Waals surface area contributed by atoms with Crippen LogP contribution in [0, 0.1) is 5.92 Å². The average molecular weight is 367 g/mol. The van der Waals surface area contributed by atoms with Crippen molar-refractivity contribution in [2.75, 3.05) is 27.3 Å². The fraction of sp³-hybridized carbons (Fsp3) is 0.435. The second-order valence-electron chi connectivity index (χ2n) is 7.10. The van der Waals surface area contributed by atoms with Crippen LogP contribution in [0.2, 0.25) is 0 Å². The number of aryl methyl sites for hydroxylation is 1. The summed E-state index contributed by atoms with van der Waals surface area (Å²) in [6, 6.07) is 18.3. The molecular weight excluding hydrogens is 338 g/mol. The molecule has 0 N–H and O–H groups in total. The second-order valence-corrected chi connectivity index (χ2v) is 7.10. The predicted octanol–water partition coefficient (Wildman–Crippen LogP) is 4.25. The van der Waals surface area contributed by atoms with Crippen molar-refractivity contribution < 1.29 is 14.3 Å². The lowest BCUT2D eigenvalue weighted by Crippen LogP contribution is -2.40. The van der Waals surface area contributed by atoms with Crippen molar-refractivity contribution in [3.8, 4) is 5.75 Å². The van der Waals surface area contributed by atoms with E-state index < -0.39 is 0 Å². The van der Waals surface area contributed by atoms with Gasteiger partial charge in [0.25, 0.3) is 0 Å². The molecule has 0 bridgehead atoms. The van der Waals surface area contributed by atoms with E-state index in [4.69, 9.17) is 9.47 Å². The Hall–Kier alpha value is -2.33. The number of piperidine rings is 1. The summed E-state index contributed by atoms with van der Waals surface area (Å²) >= 11 is 0. The third-order valence-corrected chi connectivity index (χ3v) is 5.50. The van der Waals surface area contributed by atoms with E-state index in [-0.39, 0.29) is 12.0 Å². The number of nitrogens with zero attached hydrogens (tertiary/aromatic N) is 1. The first-order valence-corrected chi connectivity index (χ1v) is 9.70. The number of carbonyl (C=O) groups excluding carboxylic acids is 1. The summed E-state index contributed by atoms with van der Waals surface area (Å²) in [6.45, 7) is 1.62. The first kappa shape index (κ1) is 19.4. The van der Waals surface area contributed by atoms with Gasteiger partial charge < -0.3 is 14.4 Å². The molecule has 27 heavy (non-hydrogen) atoms. The summed E-state index contributed by atoms with van der Waals surface area (Å²) in [5, 5.41) is 0. The largest absolute Gasteiger partial charge is 0.496 e. The summed E-state index contributed by atoms with van der Waals surface area (Å²) in [7, 11) is 3.45. The molecule has 1 unspecified atom stereocenters. The van der Waals surface area contributed by atoms with Crippen molar-refractivity contribution in [2.45, 2.75) is 31.8 Å². The van der Waals surface area contributed by atoms with Crippen LogP contribution in [-0.4, -0.2) is 38.1 Å². The summed E-state index contributed by atoms with van der Waals surface area (Å²) in [5.74, 6) is 1.54. The molecule has 0 aliphatic carbocycles. The van der Waals surface area contributed by atoms with Crippen LogP contribution in [0.4, 0.5) is 0 Å². The molecule has 4 nitrogen and oxygen atoms in total. The van der Waals surface area contributed by atoms with Gasteiger partial charge in [-0.15, -0.1) is 0 Å². The number of methoxy groups -OCH3 is 2. The van der Waals surface area contributed by atoms with Crippen molar-refractivity contribution in [1.29, 1.82) is 0 Å². The van der Waals surface area contributed by atoms with E-state index in [1.54, 1.807) is 14.2 Å². The Labute approximate surface area is 162 Å². The first-order chi connectivity index (χ1) is 13.2. The van der Waals surface area contributed by atoms with E-state index in [9.17, 15) is 4.79 Å². The normalized spacial score (nSPS) is 16.1. The second kappa shape index (κ2) is 9.56. The number of carbonyl (C=O) groups is 1. The molecule has 0 radical (unpaired) electrons. The van der Waals surface area contributed by atoms with E-state index in [0.717, 1.165) is 37.2 Å². The van der Waals surface area contributed by atoms with Gasteiger partial charge in [-0.05, 0) is 42.4 Å². The van der Waals surface area contributed by atoms with E-state index in [0.29, 0.717) is 18.8 Å². The number of likely N-dealkylation sites (tertiary alicyclic amines) is 1. The number of benzene rings is 2. The SMILES string of the molecule is COc1ccccc1CCC(=O)N1CCC(C(OC)c2ccccc2)CC1. The Balaban J connectivity index is 1.52. The van der Waals surface area contributed by atoms with Crippen LogP contribution in [0.3, 0.4) is 0 Å². The lowest BCUT2D eigenvalue weighted by atomic mass is 9.87. The van der Waals surface area contributed by atoms with E-state index >= 15 is 0 Å². The molecule has 3 rings (SSSR count). The van der Waals surface area contributed by atoms with Gasteiger partial charge in [0.05, 0.1) is 13.2 Å². The van der Waals surface area contributed by atoms with Gasteiger partial charge >= 0.3 is 0 Å². The first-order valence-electron chi connectivity index (χ1n) is 9.70. The summed E-state index contributed by atoms with van der Waals surface area (Å²) in [6.07, 6.45) is 3.31. The van der Waals surface area contributed by atoms with Gasteiger partial charge in [-0.3, -0.25) is 4.79 Å². The number of amides is 1. The van der Waals surface area contributed by atoms with Crippen LogP contribution in [0.5, 0.6) is 5.75 Å². The number of ether oxygens (including phenoxy) is 2. The molecule has 1 heterocycles. The fourth-order valence-corrected chi connectivity index (χ4v) is 4.00. The van der Waals surface area contributed by atoms with Gasteiger partial charge in [0.2, 0.25) is 5.91 Å². The quantitative estimate of drug-likeness (QED) is 0.734. The Bertz CT molecular complexity index is 723. The topological polar surface area (TPSA) is 38.8 Å². The molecule has 4 heteroatoms.